The molecule has 0 aliphatic carbocycles. The Morgan fingerprint density at radius 3 is 2.32 bits per heavy atom. The predicted octanol–water partition coefficient (Wildman–Crippen LogP) is 4.59. The van der Waals surface area contributed by atoms with Crippen LogP contribution in [0.15, 0.2) is 51.4 Å². The summed E-state index contributed by atoms with van der Waals surface area (Å²) < 4.78 is 19.8. The zero-order chi connectivity index (χ0) is 19.8. The maximum Gasteiger partial charge on any atom is 0.289 e. The highest BCUT2D eigenvalue weighted by Gasteiger charge is 2.28. The minimum Gasteiger partial charge on any atom is -0.451 e. The molecular formula is C20H15BrClFN2O3. The minimum atomic E-state index is -0.491. The van der Waals surface area contributed by atoms with Crippen molar-refractivity contribution in [2.75, 3.05) is 26.2 Å². The fourth-order valence-corrected chi connectivity index (χ4v) is 3.85. The van der Waals surface area contributed by atoms with E-state index in [1.165, 1.54) is 12.1 Å². The summed E-state index contributed by atoms with van der Waals surface area (Å²) in [7, 11) is 0. The van der Waals surface area contributed by atoms with Crippen LogP contribution in [-0.2, 0) is 0 Å². The average molecular weight is 466 g/mol. The Balaban J connectivity index is 1.44. The molecule has 0 spiro atoms. The quantitative estimate of drug-likeness (QED) is 0.556. The van der Waals surface area contributed by atoms with E-state index < -0.39 is 5.82 Å². The molecule has 0 unspecified atom stereocenters. The first-order valence-corrected chi connectivity index (χ1v) is 9.82. The summed E-state index contributed by atoms with van der Waals surface area (Å²) >= 11 is 9.38. The Morgan fingerprint density at radius 1 is 0.964 bits per heavy atom. The highest BCUT2D eigenvalue weighted by atomic mass is 79.9. The topological polar surface area (TPSA) is 53.8 Å². The van der Waals surface area contributed by atoms with Crippen LogP contribution in [0.1, 0.15) is 20.9 Å². The van der Waals surface area contributed by atoms with Gasteiger partial charge in [0.25, 0.3) is 11.8 Å². The van der Waals surface area contributed by atoms with Crippen LogP contribution >= 0.6 is 27.5 Å². The Hall–Kier alpha value is -2.38. The van der Waals surface area contributed by atoms with E-state index in [1.54, 1.807) is 21.9 Å². The zero-order valence-electron chi connectivity index (χ0n) is 14.6. The molecule has 3 aromatic rings. The number of fused-ring (bicyclic) bond motifs is 1. The van der Waals surface area contributed by atoms with Gasteiger partial charge in [-0.1, -0.05) is 27.5 Å². The lowest BCUT2D eigenvalue weighted by molar-refractivity contribution is 0.0519. The number of carbonyl (C=O) groups excluding carboxylic acids is 2. The van der Waals surface area contributed by atoms with Crippen LogP contribution in [0.5, 0.6) is 0 Å². The van der Waals surface area contributed by atoms with Crippen LogP contribution in [0.2, 0.25) is 5.02 Å². The molecular weight excluding hydrogens is 451 g/mol. The SMILES string of the molecule is O=C(c1cc2cc(Br)ccc2o1)N1CCN(C(=O)c2ccc(F)cc2Cl)CC1. The van der Waals surface area contributed by atoms with E-state index in [0.717, 1.165) is 15.9 Å². The van der Waals surface area contributed by atoms with E-state index >= 15 is 0 Å². The highest BCUT2D eigenvalue weighted by molar-refractivity contribution is 9.10. The molecule has 2 amide bonds. The third-order valence-electron chi connectivity index (χ3n) is 4.70. The molecule has 1 aliphatic heterocycles. The Bertz CT molecular complexity index is 1080. The van der Waals surface area contributed by atoms with Crippen molar-refractivity contribution in [3.8, 4) is 0 Å². The maximum absolute atomic E-state index is 13.2. The van der Waals surface area contributed by atoms with Crippen molar-refractivity contribution in [1.82, 2.24) is 9.80 Å². The van der Waals surface area contributed by atoms with Crippen molar-refractivity contribution in [1.29, 1.82) is 0 Å². The molecule has 0 N–H and O–H groups in total. The number of hydrogen-bond donors (Lipinski definition) is 0. The second kappa shape index (κ2) is 7.56. The van der Waals surface area contributed by atoms with E-state index in [1.807, 2.05) is 12.1 Å². The third-order valence-corrected chi connectivity index (χ3v) is 5.51. The summed E-state index contributed by atoms with van der Waals surface area (Å²) in [6.07, 6.45) is 0. The van der Waals surface area contributed by atoms with Gasteiger partial charge in [-0.2, -0.15) is 0 Å². The largest absolute Gasteiger partial charge is 0.451 e. The summed E-state index contributed by atoms with van der Waals surface area (Å²) in [5.74, 6) is -0.700. The number of hydrogen-bond acceptors (Lipinski definition) is 3. The van der Waals surface area contributed by atoms with Gasteiger partial charge in [0.15, 0.2) is 5.76 Å². The van der Waals surface area contributed by atoms with Gasteiger partial charge in [-0.05, 0) is 42.5 Å². The Labute approximate surface area is 173 Å². The monoisotopic (exact) mass is 464 g/mol. The van der Waals surface area contributed by atoms with Crippen molar-refractivity contribution in [2.45, 2.75) is 0 Å². The van der Waals surface area contributed by atoms with Gasteiger partial charge in [0.05, 0.1) is 10.6 Å². The molecule has 144 valence electrons. The van der Waals surface area contributed by atoms with E-state index in [4.69, 9.17) is 16.0 Å². The molecule has 8 heteroatoms. The van der Waals surface area contributed by atoms with E-state index in [9.17, 15) is 14.0 Å². The molecule has 0 radical (unpaired) electrons. The molecule has 2 heterocycles. The van der Waals surface area contributed by atoms with Gasteiger partial charge in [0.2, 0.25) is 0 Å². The molecule has 1 aromatic heterocycles. The summed E-state index contributed by atoms with van der Waals surface area (Å²) in [6.45, 7) is 1.49. The number of nitrogens with zero attached hydrogens (tertiary/aromatic N) is 2. The van der Waals surface area contributed by atoms with Crippen molar-refractivity contribution < 1.29 is 18.4 Å². The number of piperazine rings is 1. The maximum atomic E-state index is 13.2. The van der Waals surface area contributed by atoms with Crippen molar-refractivity contribution >= 4 is 50.3 Å². The normalized spacial score (nSPS) is 14.5. The lowest BCUT2D eigenvalue weighted by Crippen LogP contribution is -2.50. The summed E-state index contributed by atoms with van der Waals surface area (Å²) in [4.78, 5) is 28.6. The van der Waals surface area contributed by atoms with Crippen LogP contribution < -0.4 is 0 Å². The predicted molar refractivity (Wildman–Crippen MR) is 107 cm³/mol. The molecule has 28 heavy (non-hydrogen) atoms. The second-order valence-electron chi connectivity index (χ2n) is 6.50. The fourth-order valence-electron chi connectivity index (χ4n) is 3.22. The van der Waals surface area contributed by atoms with Gasteiger partial charge in [-0.3, -0.25) is 9.59 Å². The second-order valence-corrected chi connectivity index (χ2v) is 7.82. The first kappa shape index (κ1) is 19.0. The van der Waals surface area contributed by atoms with Gasteiger partial charge in [-0.25, -0.2) is 4.39 Å². The van der Waals surface area contributed by atoms with Gasteiger partial charge in [0.1, 0.15) is 11.4 Å². The van der Waals surface area contributed by atoms with E-state index in [0.29, 0.717) is 31.8 Å². The van der Waals surface area contributed by atoms with E-state index in [2.05, 4.69) is 15.9 Å². The molecule has 2 aromatic carbocycles. The smallest absolute Gasteiger partial charge is 0.289 e. The van der Waals surface area contributed by atoms with Crippen molar-refractivity contribution in [3.05, 3.63) is 69.1 Å². The van der Waals surface area contributed by atoms with E-state index in [-0.39, 0.29) is 28.2 Å². The molecule has 1 aliphatic rings. The van der Waals surface area contributed by atoms with Crippen molar-refractivity contribution in [3.63, 3.8) is 0 Å². The first-order chi connectivity index (χ1) is 13.4. The van der Waals surface area contributed by atoms with Crippen LogP contribution in [0.3, 0.4) is 0 Å². The summed E-state index contributed by atoms with van der Waals surface area (Å²) in [6, 6.07) is 11.0. The number of amides is 2. The molecule has 0 atom stereocenters. The van der Waals surface area contributed by atoms with Crippen LogP contribution in [0.25, 0.3) is 11.0 Å². The Morgan fingerprint density at radius 2 is 1.64 bits per heavy atom. The summed E-state index contributed by atoms with van der Waals surface area (Å²) in [5.41, 5.74) is 0.900. The molecule has 0 saturated carbocycles. The standard InChI is InChI=1S/C20H15BrClFN2O3/c21-13-1-4-17-12(9-13)10-18(28-17)20(27)25-7-5-24(6-8-25)19(26)15-3-2-14(23)11-16(15)22/h1-4,9-11H,5-8H2. The number of carbonyl (C=O) groups is 2. The zero-order valence-corrected chi connectivity index (χ0v) is 17.0. The Kier molecular flexibility index (Phi) is 5.12. The molecule has 5 nitrogen and oxygen atoms in total. The lowest BCUT2D eigenvalue weighted by atomic mass is 10.1. The van der Waals surface area contributed by atoms with Crippen molar-refractivity contribution in [2.24, 2.45) is 0 Å². The number of halogens is 3. The summed E-state index contributed by atoms with van der Waals surface area (Å²) in [5, 5.41) is 0.925. The third kappa shape index (κ3) is 3.64. The van der Waals surface area contributed by atoms with Gasteiger partial charge >= 0.3 is 0 Å². The van der Waals surface area contributed by atoms with Crippen LogP contribution in [0.4, 0.5) is 4.39 Å². The fraction of sp³-hybridized carbons (Fsp3) is 0.200. The average Bonchev–Trinajstić information content (AvgIpc) is 3.10. The molecule has 1 fully saturated rings. The molecule has 0 bridgehead atoms. The number of furan rings is 1. The molecule has 1 saturated heterocycles. The molecule has 4 rings (SSSR count). The van der Waals surface area contributed by atoms with Gasteiger partial charge in [-0.15, -0.1) is 0 Å². The number of rotatable bonds is 2. The van der Waals surface area contributed by atoms with Crippen LogP contribution in [0, 0.1) is 5.82 Å². The first-order valence-electron chi connectivity index (χ1n) is 8.65. The van der Waals surface area contributed by atoms with Crippen LogP contribution in [-0.4, -0.2) is 47.8 Å². The van der Waals surface area contributed by atoms with Gasteiger partial charge in [0, 0.05) is 36.0 Å². The number of benzene rings is 2. The van der Waals surface area contributed by atoms with Gasteiger partial charge < -0.3 is 14.2 Å². The highest BCUT2D eigenvalue weighted by Crippen LogP contribution is 2.25. The minimum absolute atomic E-state index is 0.0805. The lowest BCUT2D eigenvalue weighted by Gasteiger charge is -2.34.